The van der Waals surface area contributed by atoms with E-state index in [2.05, 4.69) is 4.90 Å². The fraction of sp³-hybridized carbons (Fsp3) is 0.429. The lowest BCUT2D eigenvalue weighted by atomic mass is 10.1. The summed E-state index contributed by atoms with van der Waals surface area (Å²) in [4.78, 5) is 16.6. The van der Waals surface area contributed by atoms with Crippen LogP contribution in [0, 0.1) is 0 Å². The highest BCUT2D eigenvalue weighted by Gasteiger charge is 2.26. The van der Waals surface area contributed by atoms with Gasteiger partial charge in [0.25, 0.3) is 5.91 Å². The molecular weight excluding hydrogens is 290 g/mol. The Balaban J connectivity index is 2.01. The van der Waals surface area contributed by atoms with Crippen molar-refractivity contribution < 1.29 is 15.0 Å². The van der Waals surface area contributed by atoms with Crippen LogP contribution < -0.4 is 5.73 Å². The van der Waals surface area contributed by atoms with Crippen molar-refractivity contribution in [1.82, 2.24) is 9.80 Å². The van der Waals surface area contributed by atoms with E-state index in [9.17, 15) is 15.0 Å². The Hall–Kier alpha value is -1.86. The van der Waals surface area contributed by atoms with Gasteiger partial charge < -0.3 is 20.8 Å². The fourth-order valence-corrected chi connectivity index (χ4v) is 2.54. The Morgan fingerprint density at radius 2 is 1.71 bits per heavy atom. The standard InChI is InChI=1S/C14H19N3O3S/c1-9(13(15)21)16-2-4-17(5-3-16)14(20)10-6-11(18)8-12(19)7-10/h6-9,18-19H,2-5H2,1H3,(H2,15,21). The van der Waals surface area contributed by atoms with Gasteiger partial charge >= 0.3 is 0 Å². The SMILES string of the molecule is CC(C(N)=S)N1CCN(C(=O)c2cc(O)cc(O)c2)CC1. The Morgan fingerprint density at radius 3 is 2.19 bits per heavy atom. The quantitative estimate of drug-likeness (QED) is 0.706. The monoisotopic (exact) mass is 309 g/mol. The molecule has 0 aromatic heterocycles. The maximum atomic E-state index is 12.3. The van der Waals surface area contributed by atoms with Crippen LogP contribution in [0.2, 0.25) is 0 Å². The molecule has 1 unspecified atom stereocenters. The zero-order chi connectivity index (χ0) is 15.6. The second-order valence-electron chi connectivity index (χ2n) is 5.14. The minimum absolute atomic E-state index is 0.0158. The molecular formula is C14H19N3O3S. The molecule has 1 aliphatic rings. The second-order valence-corrected chi connectivity index (χ2v) is 5.62. The minimum Gasteiger partial charge on any atom is -0.508 e. The van der Waals surface area contributed by atoms with E-state index < -0.39 is 0 Å². The molecule has 0 radical (unpaired) electrons. The van der Waals surface area contributed by atoms with Gasteiger partial charge in [0.15, 0.2) is 0 Å². The Labute approximate surface area is 128 Å². The molecule has 0 bridgehead atoms. The van der Waals surface area contributed by atoms with Gasteiger partial charge in [0, 0.05) is 37.8 Å². The summed E-state index contributed by atoms with van der Waals surface area (Å²) in [5.41, 5.74) is 5.92. The summed E-state index contributed by atoms with van der Waals surface area (Å²) in [5.74, 6) is -0.456. The van der Waals surface area contributed by atoms with E-state index in [4.69, 9.17) is 18.0 Å². The van der Waals surface area contributed by atoms with E-state index in [1.54, 1.807) is 4.90 Å². The number of piperazine rings is 1. The number of benzene rings is 1. The number of phenolic OH excluding ortho intramolecular Hbond substituents is 2. The minimum atomic E-state index is -0.205. The van der Waals surface area contributed by atoms with Crippen molar-refractivity contribution in [1.29, 1.82) is 0 Å². The van der Waals surface area contributed by atoms with Gasteiger partial charge in [0.2, 0.25) is 0 Å². The van der Waals surface area contributed by atoms with Gasteiger partial charge in [0.05, 0.1) is 11.0 Å². The number of carbonyl (C=O) groups excluding carboxylic acids is 1. The first kappa shape index (κ1) is 15.5. The Kier molecular flexibility index (Phi) is 4.64. The van der Waals surface area contributed by atoms with E-state index >= 15 is 0 Å². The number of nitrogens with two attached hydrogens (primary N) is 1. The lowest BCUT2D eigenvalue weighted by molar-refractivity contribution is 0.0621. The largest absolute Gasteiger partial charge is 0.508 e. The van der Waals surface area contributed by atoms with Crippen LogP contribution >= 0.6 is 12.2 Å². The molecule has 1 amide bonds. The van der Waals surface area contributed by atoms with Crippen molar-refractivity contribution in [2.24, 2.45) is 5.73 Å². The highest BCUT2D eigenvalue weighted by molar-refractivity contribution is 7.80. The van der Waals surface area contributed by atoms with E-state index in [-0.39, 0.29) is 29.0 Å². The van der Waals surface area contributed by atoms with Crippen molar-refractivity contribution in [3.05, 3.63) is 23.8 Å². The second kappa shape index (κ2) is 6.28. The third-order valence-electron chi connectivity index (χ3n) is 3.71. The van der Waals surface area contributed by atoms with Crippen molar-refractivity contribution in [3.8, 4) is 11.5 Å². The number of hydrogen-bond donors (Lipinski definition) is 3. The van der Waals surface area contributed by atoms with Gasteiger partial charge in [-0.05, 0) is 19.1 Å². The van der Waals surface area contributed by atoms with Crippen molar-refractivity contribution >= 4 is 23.1 Å². The molecule has 0 spiro atoms. The van der Waals surface area contributed by atoms with Gasteiger partial charge in [-0.1, -0.05) is 12.2 Å². The predicted molar refractivity (Wildman–Crippen MR) is 83.5 cm³/mol. The number of carbonyl (C=O) groups is 1. The molecule has 1 aromatic carbocycles. The molecule has 1 atom stereocenters. The van der Waals surface area contributed by atoms with E-state index in [1.807, 2.05) is 6.92 Å². The first-order chi connectivity index (χ1) is 9.88. The maximum Gasteiger partial charge on any atom is 0.254 e. The van der Waals surface area contributed by atoms with Crippen LogP contribution in [-0.2, 0) is 0 Å². The summed E-state index contributed by atoms with van der Waals surface area (Å²) in [6.45, 7) is 4.45. The molecule has 1 saturated heterocycles. The highest BCUT2D eigenvalue weighted by atomic mass is 32.1. The molecule has 2 rings (SSSR count). The van der Waals surface area contributed by atoms with Gasteiger partial charge in [-0.3, -0.25) is 9.69 Å². The number of thiocarbonyl (C=S) groups is 1. The number of amides is 1. The summed E-state index contributed by atoms with van der Waals surface area (Å²) in [6, 6.07) is 3.92. The lowest BCUT2D eigenvalue weighted by Crippen LogP contribution is -2.53. The Bertz CT molecular complexity index is 536. The average Bonchev–Trinajstić information content (AvgIpc) is 2.44. The number of hydrogen-bond acceptors (Lipinski definition) is 5. The van der Waals surface area contributed by atoms with Crippen LogP contribution in [0.1, 0.15) is 17.3 Å². The van der Waals surface area contributed by atoms with Crippen LogP contribution in [0.25, 0.3) is 0 Å². The summed E-state index contributed by atoms with van der Waals surface area (Å²) in [5, 5.41) is 18.9. The molecule has 1 aliphatic heterocycles. The van der Waals surface area contributed by atoms with Crippen molar-refractivity contribution in [2.75, 3.05) is 26.2 Å². The van der Waals surface area contributed by atoms with E-state index in [0.717, 1.165) is 0 Å². The van der Waals surface area contributed by atoms with Crippen LogP contribution in [0.15, 0.2) is 18.2 Å². The number of phenols is 2. The fourth-order valence-electron chi connectivity index (χ4n) is 2.39. The molecule has 6 nitrogen and oxygen atoms in total. The lowest BCUT2D eigenvalue weighted by Gasteiger charge is -2.37. The van der Waals surface area contributed by atoms with Gasteiger partial charge in [-0.25, -0.2) is 0 Å². The molecule has 7 heteroatoms. The van der Waals surface area contributed by atoms with Crippen LogP contribution in [-0.4, -0.2) is 63.1 Å². The molecule has 1 fully saturated rings. The van der Waals surface area contributed by atoms with Crippen molar-refractivity contribution in [2.45, 2.75) is 13.0 Å². The zero-order valence-corrected chi connectivity index (χ0v) is 12.6. The summed E-state index contributed by atoms with van der Waals surface area (Å²) < 4.78 is 0. The number of aromatic hydroxyl groups is 2. The van der Waals surface area contributed by atoms with Crippen LogP contribution in [0.5, 0.6) is 11.5 Å². The maximum absolute atomic E-state index is 12.3. The first-order valence-electron chi connectivity index (χ1n) is 6.74. The molecule has 1 aromatic rings. The third-order valence-corrected chi connectivity index (χ3v) is 4.05. The summed E-state index contributed by atoms with van der Waals surface area (Å²) in [7, 11) is 0. The molecule has 114 valence electrons. The molecule has 0 saturated carbocycles. The number of nitrogens with zero attached hydrogens (tertiary/aromatic N) is 2. The van der Waals surface area contributed by atoms with Gasteiger partial charge in [-0.15, -0.1) is 0 Å². The molecule has 4 N–H and O–H groups in total. The van der Waals surface area contributed by atoms with Gasteiger partial charge in [0.1, 0.15) is 11.5 Å². The molecule has 21 heavy (non-hydrogen) atoms. The average molecular weight is 309 g/mol. The smallest absolute Gasteiger partial charge is 0.254 e. The Morgan fingerprint density at radius 1 is 1.19 bits per heavy atom. The van der Waals surface area contributed by atoms with Crippen molar-refractivity contribution in [3.63, 3.8) is 0 Å². The normalized spacial score (nSPS) is 17.5. The van der Waals surface area contributed by atoms with E-state index in [0.29, 0.717) is 31.2 Å². The zero-order valence-electron chi connectivity index (χ0n) is 11.8. The first-order valence-corrected chi connectivity index (χ1v) is 7.15. The predicted octanol–water partition coefficient (Wildman–Crippen LogP) is 0.530. The molecule has 0 aliphatic carbocycles. The highest BCUT2D eigenvalue weighted by Crippen LogP contribution is 2.22. The van der Waals surface area contributed by atoms with E-state index in [1.165, 1.54) is 18.2 Å². The topological polar surface area (TPSA) is 90.0 Å². The third kappa shape index (κ3) is 3.62. The van der Waals surface area contributed by atoms with Crippen LogP contribution in [0.3, 0.4) is 0 Å². The molecule has 1 heterocycles. The van der Waals surface area contributed by atoms with Gasteiger partial charge in [-0.2, -0.15) is 0 Å². The summed E-state index contributed by atoms with van der Waals surface area (Å²) in [6.07, 6.45) is 0. The number of rotatable bonds is 3. The summed E-state index contributed by atoms with van der Waals surface area (Å²) >= 11 is 4.99. The van der Waals surface area contributed by atoms with Crippen LogP contribution in [0.4, 0.5) is 0 Å².